The van der Waals surface area contributed by atoms with E-state index in [4.69, 9.17) is 0 Å². The van der Waals surface area contributed by atoms with E-state index < -0.39 is 0 Å². The number of hydrogen-bond acceptors (Lipinski definition) is 3. The molecule has 0 bridgehead atoms. The maximum atomic E-state index is 4.39. The topological polar surface area (TPSA) is 29.0 Å². The van der Waals surface area contributed by atoms with Gasteiger partial charge in [0.05, 0.1) is 3.57 Å². The molecule has 0 radical (unpaired) electrons. The van der Waals surface area contributed by atoms with Crippen LogP contribution in [0.3, 0.4) is 0 Å². The first kappa shape index (κ1) is 11.6. The number of anilines is 1. The van der Waals surface area contributed by atoms with Crippen molar-refractivity contribution in [2.24, 2.45) is 0 Å². The molecule has 1 aromatic heterocycles. The highest BCUT2D eigenvalue weighted by Crippen LogP contribution is 2.30. The summed E-state index contributed by atoms with van der Waals surface area (Å²) in [6, 6.07) is 0.686. The van der Waals surface area contributed by atoms with Gasteiger partial charge in [-0.2, -0.15) is 0 Å². The molecule has 0 atom stereocenters. The van der Waals surface area contributed by atoms with Crippen molar-refractivity contribution >= 4 is 44.3 Å². The quantitative estimate of drug-likeness (QED) is 0.593. The highest BCUT2D eigenvalue weighted by atomic mass is 127. The number of rotatable bonds is 4. The Morgan fingerprint density at radius 2 is 2.33 bits per heavy atom. The average Bonchev–Trinajstić information content (AvgIpc) is 2.15. The van der Waals surface area contributed by atoms with Crippen LogP contribution in [0.1, 0.15) is 19.3 Å². The lowest BCUT2D eigenvalue weighted by molar-refractivity contribution is 0.388. The van der Waals surface area contributed by atoms with Gasteiger partial charge in [0.15, 0.2) is 0 Å². The SMILES string of the molecule is BrCCN(c1ncncc1I)C1CCC1. The summed E-state index contributed by atoms with van der Waals surface area (Å²) in [5.74, 6) is 1.09. The standard InChI is InChI=1S/C10H13BrIN3/c11-4-5-15(8-2-1-3-8)10-9(12)6-13-7-14-10/h6-8H,1-5H2. The van der Waals surface area contributed by atoms with Crippen LogP contribution in [0.2, 0.25) is 0 Å². The Morgan fingerprint density at radius 3 is 2.87 bits per heavy atom. The van der Waals surface area contributed by atoms with Crippen LogP contribution in [-0.4, -0.2) is 27.9 Å². The van der Waals surface area contributed by atoms with Crippen LogP contribution in [0.5, 0.6) is 0 Å². The summed E-state index contributed by atoms with van der Waals surface area (Å²) in [4.78, 5) is 10.8. The van der Waals surface area contributed by atoms with Crippen molar-refractivity contribution in [3.63, 3.8) is 0 Å². The Hall–Kier alpha value is 0.0900. The molecule has 1 aliphatic carbocycles. The van der Waals surface area contributed by atoms with Gasteiger partial charge in [-0.05, 0) is 41.9 Å². The van der Waals surface area contributed by atoms with E-state index in [-0.39, 0.29) is 0 Å². The molecule has 0 aliphatic heterocycles. The van der Waals surface area contributed by atoms with E-state index in [0.29, 0.717) is 6.04 Å². The van der Waals surface area contributed by atoms with Crippen molar-refractivity contribution in [3.8, 4) is 0 Å². The van der Waals surface area contributed by atoms with Crippen molar-refractivity contribution in [1.82, 2.24) is 9.97 Å². The summed E-state index contributed by atoms with van der Waals surface area (Å²) < 4.78 is 1.14. The first-order valence-electron chi connectivity index (χ1n) is 5.11. The number of halogens is 2. The van der Waals surface area contributed by atoms with Crippen LogP contribution >= 0.6 is 38.5 Å². The van der Waals surface area contributed by atoms with Gasteiger partial charge in [-0.15, -0.1) is 0 Å². The number of nitrogens with zero attached hydrogens (tertiary/aromatic N) is 3. The van der Waals surface area contributed by atoms with Crippen molar-refractivity contribution < 1.29 is 0 Å². The zero-order valence-electron chi connectivity index (χ0n) is 8.37. The van der Waals surface area contributed by atoms with E-state index in [9.17, 15) is 0 Å². The van der Waals surface area contributed by atoms with Crippen molar-refractivity contribution in [1.29, 1.82) is 0 Å². The van der Waals surface area contributed by atoms with Gasteiger partial charge < -0.3 is 4.90 Å². The van der Waals surface area contributed by atoms with Gasteiger partial charge in [0.1, 0.15) is 12.1 Å². The lowest BCUT2D eigenvalue weighted by Crippen LogP contribution is -2.42. The molecule has 3 nitrogen and oxygen atoms in total. The molecule has 0 N–H and O–H groups in total. The van der Waals surface area contributed by atoms with E-state index in [1.165, 1.54) is 19.3 Å². The van der Waals surface area contributed by atoms with Crippen molar-refractivity contribution in [3.05, 3.63) is 16.1 Å². The minimum Gasteiger partial charge on any atom is -0.352 e. The first-order chi connectivity index (χ1) is 7.33. The van der Waals surface area contributed by atoms with Crippen LogP contribution in [0.25, 0.3) is 0 Å². The van der Waals surface area contributed by atoms with E-state index in [1.54, 1.807) is 6.33 Å². The van der Waals surface area contributed by atoms with Crippen LogP contribution in [0, 0.1) is 3.57 Å². The fourth-order valence-corrected chi connectivity index (χ4v) is 2.76. The summed E-state index contributed by atoms with van der Waals surface area (Å²) in [6.45, 7) is 1.03. The molecule has 15 heavy (non-hydrogen) atoms. The highest BCUT2D eigenvalue weighted by molar-refractivity contribution is 14.1. The highest BCUT2D eigenvalue weighted by Gasteiger charge is 2.26. The van der Waals surface area contributed by atoms with Gasteiger partial charge >= 0.3 is 0 Å². The monoisotopic (exact) mass is 381 g/mol. The Bertz CT molecular complexity index is 330. The van der Waals surface area contributed by atoms with Gasteiger partial charge in [-0.3, -0.25) is 0 Å². The third-order valence-corrected chi connectivity index (χ3v) is 3.88. The molecule has 0 spiro atoms. The normalized spacial score (nSPS) is 16.1. The summed E-state index contributed by atoms with van der Waals surface area (Å²) >= 11 is 5.81. The Morgan fingerprint density at radius 1 is 1.53 bits per heavy atom. The van der Waals surface area contributed by atoms with Crippen molar-refractivity contribution in [2.75, 3.05) is 16.8 Å². The minimum atomic E-state index is 0.686. The van der Waals surface area contributed by atoms with Crippen LogP contribution in [0.4, 0.5) is 5.82 Å². The minimum absolute atomic E-state index is 0.686. The van der Waals surface area contributed by atoms with Gasteiger partial charge in [0, 0.05) is 24.1 Å². The lowest BCUT2D eigenvalue weighted by atomic mass is 9.91. The Balaban J connectivity index is 2.19. The van der Waals surface area contributed by atoms with Crippen LogP contribution < -0.4 is 4.90 Å². The van der Waals surface area contributed by atoms with Gasteiger partial charge in [-0.25, -0.2) is 9.97 Å². The fraction of sp³-hybridized carbons (Fsp3) is 0.600. The molecule has 2 rings (SSSR count). The molecule has 1 heterocycles. The molecule has 0 aromatic carbocycles. The summed E-state index contributed by atoms with van der Waals surface area (Å²) in [7, 11) is 0. The Labute approximate surface area is 112 Å². The molecular weight excluding hydrogens is 369 g/mol. The molecule has 0 unspecified atom stereocenters. The van der Waals surface area contributed by atoms with E-state index in [0.717, 1.165) is 21.3 Å². The molecular formula is C10H13BrIN3. The maximum absolute atomic E-state index is 4.39. The third-order valence-electron chi connectivity index (χ3n) is 2.76. The summed E-state index contributed by atoms with van der Waals surface area (Å²) in [5.41, 5.74) is 0. The predicted octanol–water partition coefficient (Wildman–Crippen LogP) is 2.84. The second-order valence-corrected chi connectivity index (χ2v) is 5.62. The largest absolute Gasteiger partial charge is 0.352 e. The molecule has 82 valence electrons. The molecule has 1 aliphatic rings. The van der Waals surface area contributed by atoms with Crippen LogP contribution in [0.15, 0.2) is 12.5 Å². The first-order valence-corrected chi connectivity index (χ1v) is 7.31. The van der Waals surface area contributed by atoms with Gasteiger partial charge in [0.25, 0.3) is 0 Å². The molecule has 0 amide bonds. The number of alkyl halides is 1. The predicted molar refractivity (Wildman–Crippen MR) is 73.5 cm³/mol. The molecule has 1 saturated carbocycles. The van der Waals surface area contributed by atoms with E-state index >= 15 is 0 Å². The average molecular weight is 382 g/mol. The third kappa shape index (κ3) is 2.61. The second kappa shape index (κ2) is 5.43. The molecule has 1 fully saturated rings. The van der Waals surface area contributed by atoms with Crippen LogP contribution in [-0.2, 0) is 0 Å². The van der Waals surface area contributed by atoms with Gasteiger partial charge in [-0.1, -0.05) is 15.9 Å². The van der Waals surface area contributed by atoms with E-state index in [2.05, 4.69) is 53.4 Å². The molecule has 0 saturated heterocycles. The van der Waals surface area contributed by atoms with Crippen molar-refractivity contribution in [2.45, 2.75) is 25.3 Å². The zero-order chi connectivity index (χ0) is 10.7. The number of aromatic nitrogens is 2. The van der Waals surface area contributed by atoms with Gasteiger partial charge in [0.2, 0.25) is 0 Å². The summed E-state index contributed by atoms with van der Waals surface area (Å²) in [6.07, 6.45) is 7.46. The lowest BCUT2D eigenvalue weighted by Gasteiger charge is -2.38. The zero-order valence-corrected chi connectivity index (χ0v) is 12.1. The smallest absolute Gasteiger partial charge is 0.145 e. The number of hydrogen-bond donors (Lipinski definition) is 0. The fourth-order valence-electron chi connectivity index (χ4n) is 1.77. The Kier molecular flexibility index (Phi) is 4.19. The maximum Gasteiger partial charge on any atom is 0.145 e. The molecule has 1 aromatic rings. The van der Waals surface area contributed by atoms with E-state index in [1.807, 2.05) is 6.20 Å². The summed E-state index contributed by atoms with van der Waals surface area (Å²) in [5, 5.41) is 0.990. The second-order valence-electron chi connectivity index (χ2n) is 3.66. The molecule has 5 heteroatoms.